The average molecular weight is 879 g/mol. The second-order valence-corrected chi connectivity index (χ2v) is 21.2. The quantitative estimate of drug-likeness (QED) is 0.173. The van der Waals surface area contributed by atoms with Crippen LogP contribution in [0.15, 0.2) is 194 Å². The summed E-state index contributed by atoms with van der Waals surface area (Å²) in [5.74, 6) is 4.82. The van der Waals surface area contributed by atoms with Gasteiger partial charge >= 0.3 is 0 Å². The van der Waals surface area contributed by atoms with Crippen LogP contribution in [0.2, 0.25) is 0 Å². The summed E-state index contributed by atoms with van der Waals surface area (Å²) in [4.78, 5) is 11.5. The highest BCUT2D eigenvalue weighted by atomic mass is 16.5. The van der Waals surface area contributed by atoms with Crippen molar-refractivity contribution in [2.45, 2.75) is 75.0 Å². The zero-order chi connectivity index (χ0) is 45.2. The summed E-state index contributed by atoms with van der Waals surface area (Å²) >= 11 is 0. The fraction of sp³-hybridized carbons (Fsp3) is 0.231. The van der Waals surface area contributed by atoms with Gasteiger partial charge in [-0.2, -0.15) is 0 Å². The monoisotopic (exact) mass is 878 g/mol. The number of allylic oxidation sites excluding steroid dienone is 4. The summed E-state index contributed by atoms with van der Waals surface area (Å²) in [5.41, 5.74) is 18.7. The van der Waals surface area contributed by atoms with Crippen LogP contribution in [-0.4, -0.2) is 9.97 Å². The first kappa shape index (κ1) is 40.0. The van der Waals surface area contributed by atoms with Gasteiger partial charge in [-0.05, 0) is 143 Å². The van der Waals surface area contributed by atoms with Crippen molar-refractivity contribution in [1.82, 2.24) is 9.97 Å². The Morgan fingerprint density at radius 1 is 0.515 bits per heavy atom. The molecule has 2 bridgehead atoms. The van der Waals surface area contributed by atoms with Gasteiger partial charge in [-0.3, -0.25) is 0 Å². The second kappa shape index (κ2) is 14.9. The van der Waals surface area contributed by atoms with Crippen molar-refractivity contribution in [2.75, 3.05) is 0 Å². The summed E-state index contributed by atoms with van der Waals surface area (Å²) in [6, 6.07) is 63.3. The van der Waals surface area contributed by atoms with E-state index in [9.17, 15) is 0 Å². The van der Waals surface area contributed by atoms with Crippen molar-refractivity contribution in [2.24, 2.45) is 17.8 Å². The molecule has 1 aliphatic heterocycles. The van der Waals surface area contributed by atoms with E-state index in [2.05, 4.69) is 202 Å². The highest BCUT2D eigenvalue weighted by Crippen LogP contribution is 2.63. The van der Waals surface area contributed by atoms with Gasteiger partial charge in [-0.15, -0.1) is 0 Å². The van der Waals surface area contributed by atoms with E-state index in [-0.39, 0.29) is 5.41 Å². The Balaban J connectivity index is 1.000. The minimum atomic E-state index is -0.573. The van der Waals surface area contributed by atoms with Crippen LogP contribution in [0.4, 0.5) is 0 Å². The predicted molar refractivity (Wildman–Crippen MR) is 275 cm³/mol. The summed E-state index contributed by atoms with van der Waals surface area (Å²) in [7, 11) is 0. The van der Waals surface area contributed by atoms with Crippen molar-refractivity contribution in [3.05, 3.63) is 238 Å². The summed E-state index contributed by atoms with van der Waals surface area (Å²) < 4.78 is 6.71. The molecule has 2 fully saturated rings. The molecule has 5 aliphatic carbocycles. The zero-order valence-electron chi connectivity index (χ0n) is 38.9. The van der Waals surface area contributed by atoms with Gasteiger partial charge in [-0.1, -0.05) is 177 Å². The molecule has 68 heavy (non-hydrogen) atoms. The number of rotatable bonds is 5. The van der Waals surface area contributed by atoms with E-state index in [4.69, 9.17) is 14.7 Å². The summed E-state index contributed by atoms with van der Waals surface area (Å²) in [5, 5.41) is 0. The van der Waals surface area contributed by atoms with Gasteiger partial charge in [0.05, 0.1) is 22.2 Å². The molecule has 8 aromatic rings. The molecule has 0 N–H and O–H groups in total. The van der Waals surface area contributed by atoms with E-state index in [0.29, 0.717) is 0 Å². The van der Waals surface area contributed by atoms with Crippen molar-refractivity contribution < 1.29 is 4.74 Å². The van der Waals surface area contributed by atoms with Crippen LogP contribution in [0.3, 0.4) is 0 Å². The molecule has 14 rings (SSSR count). The van der Waals surface area contributed by atoms with Crippen molar-refractivity contribution >= 4 is 0 Å². The fourth-order valence-corrected chi connectivity index (χ4v) is 14.7. The Labute approximate surface area is 400 Å². The number of ether oxygens (including phenoxy) is 1. The molecular formula is C65H54N2O. The van der Waals surface area contributed by atoms with E-state index in [1.165, 1.54) is 80.6 Å². The largest absolute Gasteiger partial charge is 0.457 e. The molecule has 1 spiro atoms. The van der Waals surface area contributed by atoms with Gasteiger partial charge < -0.3 is 4.74 Å². The molecule has 3 heteroatoms. The smallest absolute Gasteiger partial charge is 0.160 e. The van der Waals surface area contributed by atoms with E-state index in [1.54, 1.807) is 0 Å². The lowest BCUT2D eigenvalue weighted by Gasteiger charge is -2.47. The molecule has 4 unspecified atom stereocenters. The van der Waals surface area contributed by atoms with Crippen LogP contribution in [-0.2, 0) is 16.2 Å². The molecule has 1 aromatic heterocycles. The van der Waals surface area contributed by atoms with E-state index >= 15 is 0 Å². The minimum absolute atomic E-state index is 0.0626. The number of fused-ring (bicyclic) bond motifs is 14. The van der Waals surface area contributed by atoms with Gasteiger partial charge in [0.1, 0.15) is 11.5 Å². The normalized spacial score (nSPS) is 24.1. The Kier molecular flexibility index (Phi) is 8.80. The number of benzene rings is 7. The van der Waals surface area contributed by atoms with Crippen molar-refractivity contribution in [1.29, 1.82) is 0 Å². The molecular weight excluding hydrogens is 825 g/mol. The molecule has 2 heterocycles. The van der Waals surface area contributed by atoms with Crippen molar-refractivity contribution in [3.63, 3.8) is 0 Å². The molecule has 0 radical (unpaired) electrons. The molecule has 3 nitrogen and oxygen atoms in total. The average Bonchev–Trinajstić information content (AvgIpc) is 3.84. The second-order valence-electron chi connectivity index (χ2n) is 21.2. The predicted octanol–water partition coefficient (Wildman–Crippen LogP) is 16.0. The maximum atomic E-state index is 6.71. The highest BCUT2D eigenvalue weighted by Gasteiger charge is 2.52. The van der Waals surface area contributed by atoms with Crippen LogP contribution in [0.5, 0.6) is 11.5 Å². The number of hydrogen-bond donors (Lipinski definition) is 0. The first-order valence-electron chi connectivity index (χ1n) is 25.1. The number of aromatic nitrogens is 2. The van der Waals surface area contributed by atoms with Gasteiger partial charge in [0.25, 0.3) is 0 Å². The lowest BCUT2D eigenvalue weighted by molar-refractivity contribution is 0.0879. The SMILES string of the molecule is CC1CC2C[C@@H](C1)CC(C)(c1cc(-c3ccc4c(c3)C(C3=CC=CCC3)(c3ccccc3)c3ccccc3-4)nc(-c3ccc4c(c3)C3(c5ccccc5Oc5ccccc53)c3ccccc3-4)n1)C2. The van der Waals surface area contributed by atoms with Crippen LogP contribution >= 0.6 is 0 Å². The summed E-state index contributed by atoms with van der Waals surface area (Å²) in [6.07, 6.45) is 15.3. The maximum absolute atomic E-state index is 6.71. The first-order valence-corrected chi connectivity index (χ1v) is 25.1. The molecule has 0 amide bonds. The van der Waals surface area contributed by atoms with E-state index in [1.807, 2.05) is 0 Å². The molecule has 0 saturated heterocycles. The van der Waals surface area contributed by atoms with Gasteiger partial charge in [0.15, 0.2) is 5.82 Å². The highest BCUT2D eigenvalue weighted by molar-refractivity contribution is 5.91. The Hall–Kier alpha value is -7.10. The third kappa shape index (κ3) is 5.65. The number of para-hydroxylation sites is 2. The minimum Gasteiger partial charge on any atom is -0.457 e. The molecule has 5 atom stereocenters. The lowest BCUT2D eigenvalue weighted by Crippen LogP contribution is -2.39. The maximum Gasteiger partial charge on any atom is 0.160 e. The Morgan fingerprint density at radius 2 is 1.07 bits per heavy atom. The number of hydrogen-bond acceptors (Lipinski definition) is 3. The summed E-state index contributed by atoms with van der Waals surface area (Å²) in [6.45, 7) is 4.99. The first-order chi connectivity index (χ1) is 33.4. The van der Waals surface area contributed by atoms with Crippen LogP contribution in [0.25, 0.3) is 44.9 Å². The molecule has 2 saturated carbocycles. The van der Waals surface area contributed by atoms with Crippen molar-refractivity contribution in [3.8, 4) is 56.4 Å². The molecule has 6 aliphatic rings. The molecule has 7 aromatic carbocycles. The Bertz CT molecular complexity index is 3370. The van der Waals surface area contributed by atoms with E-state index in [0.717, 1.165) is 88.7 Å². The topological polar surface area (TPSA) is 35.0 Å². The fourth-order valence-electron chi connectivity index (χ4n) is 14.7. The lowest BCUT2D eigenvalue weighted by atomic mass is 9.58. The standard InChI is InChI=1S/C65H54N2O/c1-41-33-42-35-43(34-41)40-63(2,39-42)61-38-58(44-29-31-50-48-21-9-11-23-52(48)64(56(50)36-44,46-17-5-3-6-18-46)47-19-7-4-8-20-47)66-62(67-61)45-30-32-51-49-22-10-12-24-53(49)65(57(51)37-45)54-25-13-15-27-59(54)68-60-28-16-14-26-55(60)65/h3-7,9-19,21-32,36-38,41-43H,8,20,33-35,39-40H2,1-2H3/t41?,42-,43?,63?,64?/m1/s1. The third-order valence-electron chi connectivity index (χ3n) is 17.1. The van der Waals surface area contributed by atoms with Crippen LogP contribution < -0.4 is 4.74 Å². The van der Waals surface area contributed by atoms with Crippen LogP contribution in [0.1, 0.15) is 103 Å². The zero-order valence-corrected chi connectivity index (χ0v) is 38.9. The number of nitrogens with zero attached hydrogens (tertiary/aromatic N) is 2. The van der Waals surface area contributed by atoms with E-state index < -0.39 is 10.8 Å². The molecule has 330 valence electrons. The van der Waals surface area contributed by atoms with Crippen LogP contribution in [0, 0.1) is 17.8 Å². The van der Waals surface area contributed by atoms with Gasteiger partial charge in [0.2, 0.25) is 0 Å². The Morgan fingerprint density at radius 3 is 1.74 bits per heavy atom. The van der Waals surface area contributed by atoms with Gasteiger partial charge in [-0.25, -0.2) is 9.97 Å². The van der Waals surface area contributed by atoms with Gasteiger partial charge in [0, 0.05) is 27.7 Å². The third-order valence-corrected chi connectivity index (χ3v) is 17.1.